The molecule has 1 aromatic carbocycles. The Morgan fingerprint density at radius 2 is 2.02 bits per heavy atom. The molecule has 9 nitrogen and oxygen atoms in total. The van der Waals surface area contributed by atoms with E-state index in [9.17, 15) is 23.2 Å². The van der Waals surface area contributed by atoms with E-state index in [2.05, 4.69) is 27.0 Å². The van der Waals surface area contributed by atoms with E-state index in [1.807, 2.05) is 13.1 Å². The molecule has 5 heterocycles. The van der Waals surface area contributed by atoms with Crippen molar-refractivity contribution in [1.82, 2.24) is 24.6 Å². The molecule has 41 heavy (non-hydrogen) atoms. The van der Waals surface area contributed by atoms with Crippen LogP contribution in [-0.2, 0) is 42.9 Å². The third-order valence-electron chi connectivity index (χ3n) is 8.43. The van der Waals surface area contributed by atoms with Crippen molar-refractivity contribution in [2.24, 2.45) is 13.0 Å². The number of amides is 1. The molecular weight excluding hydrogens is 535 g/mol. The molecule has 0 spiro atoms. The van der Waals surface area contributed by atoms with Gasteiger partial charge in [0.05, 0.1) is 25.3 Å². The minimum atomic E-state index is -4.62. The van der Waals surface area contributed by atoms with Gasteiger partial charge in [0.25, 0.3) is 5.91 Å². The number of likely N-dealkylation sites (tertiary alicyclic amines) is 1. The topological polar surface area (TPSA) is 100 Å². The summed E-state index contributed by atoms with van der Waals surface area (Å²) in [5.74, 6) is 0.785. The molecule has 0 N–H and O–H groups in total. The fraction of sp³-hybridized carbons (Fsp3) is 0.483. The van der Waals surface area contributed by atoms with Crippen molar-refractivity contribution in [2.75, 3.05) is 31.2 Å². The number of benzene rings is 1. The summed E-state index contributed by atoms with van der Waals surface area (Å²) in [6, 6.07) is 8.15. The SMILES string of the molecule is C[C@H]1CCCN(Cc2cc3c(c(C(F)(F)F)c2)CN(c2cc(C4(Cc5nncn5C)COC4)cc(C#N)n2)C3=O)C1. The van der Waals surface area contributed by atoms with Crippen LogP contribution >= 0.6 is 0 Å². The van der Waals surface area contributed by atoms with Crippen LogP contribution in [0.3, 0.4) is 0 Å². The third kappa shape index (κ3) is 5.08. The van der Waals surface area contributed by atoms with Crippen LogP contribution < -0.4 is 4.90 Å². The van der Waals surface area contributed by atoms with Crippen LogP contribution in [0.15, 0.2) is 30.6 Å². The minimum absolute atomic E-state index is 0.0337. The summed E-state index contributed by atoms with van der Waals surface area (Å²) in [5.41, 5.74) is -0.108. The molecule has 0 saturated carbocycles. The van der Waals surface area contributed by atoms with Gasteiger partial charge in [0, 0.05) is 37.5 Å². The van der Waals surface area contributed by atoms with E-state index in [-0.39, 0.29) is 29.2 Å². The molecule has 3 aliphatic heterocycles. The largest absolute Gasteiger partial charge is 0.416 e. The first-order valence-electron chi connectivity index (χ1n) is 13.7. The number of nitrogens with zero attached hydrogens (tertiary/aromatic N) is 7. The summed E-state index contributed by atoms with van der Waals surface area (Å²) < 4.78 is 50.2. The number of piperidine rings is 1. The van der Waals surface area contributed by atoms with Gasteiger partial charge in [-0.25, -0.2) is 4.98 Å². The molecule has 12 heteroatoms. The van der Waals surface area contributed by atoms with Gasteiger partial charge in [0.2, 0.25) is 0 Å². The first-order valence-corrected chi connectivity index (χ1v) is 13.7. The summed E-state index contributed by atoms with van der Waals surface area (Å²) in [5, 5.41) is 17.9. The fourth-order valence-corrected chi connectivity index (χ4v) is 6.19. The number of anilines is 1. The molecule has 3 aromatic rings. The molecular formula is C29H30F3N7O2. The molecule has 6 rings (SSSR count). The van der Waals surface area contributed by atoms with Crippen LogP contribution in [0.1, 0.15) is 63.9 Å². The van der Waals surface area contributed by atoms with Crippen molar-refractivity contribution in [2.45, 2.75) is 50.9 Å². The normalized spacial score (nSPS) is 20.5. The number of carbonyl (C=O) groups excluding carboxylic acids is 1. The number of hydrogen-bond acceptors (Lipinski definition) is 7. The molecule has 1 amide bonds. The minimum Gasteiger partial charge on any atom is -0.379 e. The Labute approximate surface area is 235 Å². The van der Waals surface area contributed by atoms with E-state index in [0.29, 0.717) is 43.2 Å². The summed E-state index contributed by atoms with van der Waals surface area (Å²) in [6.07, 6.45) is -0.452. The number of carbonyl (C=O) groups is 1. The maximum absolute atomic E-state index is 14.3. The van der Waals surface area contributed by atoms with Crippen LogP contribution in [0.4, 0.5) is 19.0 Å². The van der Waals surface area contributed by atoms with E-state index in [1.54, 1.807) is 29.1 Å². The van der Waals surface area contributed by atoms with Gasteiger partial charge in [-0.2, -0.15) is 18.4 Å². The van der Waals surface area contributed by atoms with Gasteiger partial charge in [0.15, 0.2) is 0 Å². The lowest BCUT2D eigenvalue weighted by atomic mass is 9.75. The quantitative estimate of drug-likeness (QED) is 0.445. The first-order chi connectivity index (χ1) is 19.6. The van der Waals surface area contributed by atoms with Crippen molar-refractivity contribution < 1.29 is 22.7 Å². The van der Waals surface area contributed by atoms with E-state index in [1.165, 1.54) is 11.0 Å². The lowest BCUT2D eigenvalue weighted by molar-refractivity contribution is -0.138. The maximum Gasteiger partial charge on any atom is 0.416 e. The van der Waals surface area contributed by atoms with Gasteiger partial charge in [-0.05, 0) is 66.3 Å². The zero-order valence-corrected chi connectivity index (χ0v) is 22.9. The molecule has 1 atom stereocenters. The van der Waals surface area contributed by atoms with E-state index in [0.717, 1.165) is 31.8 Å². The predicted octanol–water partition coefficient (Wildman–Crippen LogP) is 4.00. The van der Waals surface area contributed by atoms with E-state index < -0.39 is 23.1 Å². The summed E-state index contributed by atoms with van der Waals surface area (Å²) >= 11 is 0. The average Bonchev–Trinajstić information content (AvgIpc) is 3.47. The third-order valence-corrected chi connectivity index (χ3v) is 8.43. The first kappa shape index (κ1) is 27.4. The van der Waals surface area contributed by atoms with Crippen LogP contribution in [0.5, 0.6) is 0 Å². The number of pyridine rings is 1. The molecule has 0 unspecified atom stereocenters. The molecule has 2 fully saturated rings. The van der Waals surface area contributed by atoms with Gasteiger partial charge in [-0.3, -0.25) is 14.6 Å². The molecule has 3 aliphatic rings. The van der Waals surface area contributed by atoms with Gasteiger partial charge >= 0.3 is 6.18 Å². The van der Waals surface area contributed by atoms with Crippen LogP contribution in [0, 0.1) is 17.2 Å². The molecule has 214 valence electrons. The second-order valence-corrected chi connectivity index (χ2v) is 11.6. The van der Waals surface area contributed by atoms with Crippen LogP contribution in [-0.4, -0.2) is 56.9 Å². The molecule has 2 saturated heterocycles. The number of alkyl halides is 3. The summed E-state index contributed by atoms with van der Waals surface area (Å²) in [4.78, 5) is 21.4. The van der Waals surface area contributed by atoms with Crippen molar-refractivity contribution in [3.8, 4) is 6.07 Å². The number of aromatic nitrogens is 4. The fourth-order valence-electron chi connectivity index (χ4n) is 6.19. The maximum atomic E-state index is 14.3. The Hall–Kier alpha value is -3.82. The van der Waals surface area contributed by atoms with Gasteiger partial charge in [-0.15, -0.1) is 10.2 Å². The van der Waals surface area contributed by atoms with Gasteiger partial charge < -0.3 is 9.30 Å². The number of rotatable bonds is 6. The van der Waals surface area contributed by atoms with Crippen molar-refractivity contribution in [1.29, 1.82) is 5.26 Å². The summed E-state index contributed by atoms with van der Waals surface area (Å²) in [7, 11) is 1.83. The standard InChI is InChI=1S/C29H30F3N7O2/c1-18-4-3-5-38(12-18)13-19-6-22-23(24(7-19)29(30,31)32)14-39(27(22)40)25-9-20(8-21(11-33)35-25)28(15-41-16-28)10-26-36-34-17-37(26)2/h6-9,17-18H,3-5,10,12-16H2,1-2H3/t18-/m0/s1. The highest BCUT2D eigenvalue weighted by Crippen LogP contribution is 2.41. The van der Waals surface area contributed by atoms with Crippen molar-refractivity contribution in [3.63, 3.8) is 0 Å². The molecule has 0 bridgehead atoms. The average molecular weight is 566 g/mol. The van der Waals surface area contributed by atoms with Gasteiger partial charge in [0.1, 0.15) is 29.7 Å². The lowest BCUT2D eigenvalue weighted by Gasteiger charge is -2.42. The predicted molar refractivity (Wildman–Crippen MR) is 142 cm³/mol. The zero-order chi connectivity index (χ0) is 28.9. The summed E-state index contributed by atoms with van der Waals surface area (Å²) in [6.45, 7) is 4.56. The molecule has 0 aliphatic carbocycles. The number of hydrogen-bond donors (Lipinski definition) is 0. The van der Waals surface area contributed by atoms with E-state index >= 15 is 0 Å². The Bertz CT molecular complexity index is 1540. The van der Waals surface area contributed by atoms with Crippen molar-refractivity contribution >= 4 is 11.7 Å². The number of halogens is 3. The number of nitriles is 1. The van der Waals surface area contributed by atoms with Gasteiger partial charge in [-0.1, -0.05) is 6.92 Å². The van der Waals surface area contributed by atoms with Crippen LogP contribution in [0.2, 0.25) is 0 Å². The molecule has 2 aromatic heterocycles. The number of ether oxygens (including phenoxy) is 1. The van der Waals surface area contributed by atoms with E-state index in [4.69, 9.17) is 4.74 Å². The highest BCUT2D eigenvalue weighted by Gasteiger charge is 2.44. The number of aryl methyl sites for hydroxylation is 1. The highest BCUT2D eigenvalue weighted by molar-refractivity contribution is 6.10. The second kappa shape index (κ2) is 10.2. The smallest absolute Gasteiger partial charge is 0.379 e. The molecule has 0 radical (unpaired) electrons. The second-order valence-electron chi connectivity index (χ2n) is 11.6. The van der Waals surface area contributed by atoms with Crippen molar-refractivity contribution in [3.05, 3.63) is 69.9 Å². The zero-order valence-electron chi connectivity index (χ0n) is 22.9. The lowest BCUT2D eigenvalue weighted by Crippen LogP contribution is -2.49. The highest BCUT2D eigenvalue weighted by atomic mass is 19.4. The van der Waals surface area contributed by atoms with Crippen LogP contribution in [0.25, 0.3) is 0 Å². The Morgan fingerprint density at radius 1 is 1.22 bits per heavy atom. The number of fused-ring (bicyclic) bond motifs is 1. The Kier molecular flexibility index (Phi) is 6.82. The Morgan fingerprint density at radius 3 is 2.66 bits per heavy atom. The monoisotopic (exact) mass is 565 g/mol. The Balaban J connectivity index is 1.36.